The lowest BCUT2D eigenvalue weighted by Gasteiger charge is -2.19. The first-order chi connectivity index (χ1) is 9.52. The Morgan fingerprint density at radius 3 is 2.80 bits per heavy atom. The standard InChI is InChI=1S/C13H18N2O5/c1-2-6-14(10-13(16)17)7-8-20-12-5-3-4-11(9-12)15(18)19/h3-5,9H,2,6-8,10H2,1H3,(H,16,17). The topological polar surface area (TPSA) is 92.9 Å². The third kappa shape index (κ3) is 5.66. The van der Waals surface area contributed by atoms with Crippen LogP contribution in [0.2, 0.25) is 0 Å². The number of nitro groups is 1. The highest BCUT2D eigenvalue weighted by Crippen LogP contribution is 2.18. The number of nitro benzene ring substituents is 1. The van der Waals surface area contributed by atoms with E-state index >= 15 is 0 Å². The molecule has 1 aromatic carbocycles. The largest absolute Gasteiger partial charge is 0.492 e. The third-order valence-electron chi connectivity index (χ3n) is 2.60. The van der Waals surface area contributed by atoms with E-state index in [0.717, 1.165) is 6.42 Å². The summed E-state index contributed by atoms with van der Waals surface area (Å²) in [4.78, 5) is 22.6. The predicted molar refractivity (Wildman–Crippen MR) is 73.0 cm³/mol. The number of hydrogen-bond donors (Lipinski definition) is 1. The fourth-order valence-corrected chi connectivity index (χ4v) is 1.76. The van der Waals surface area contributed by atoms with Gasteiger partial charge in [-0.2, -0.15) is 0 Å². The molecule has 0 heterocycles. The molecule has 0 atom stereocenters. The summed E-state index contributed by atoms with van der Waals surface area (Å²) in [7, 11) is 0. The van der Waals surface area contributed by atoms with Gasteiger partial charge in [-0.3, -0.25) is 19.8 Å². The Labute approximate surface area is 116 Å². The Balaban J connectivity index is 2.47. The van der Waals surface area contributed by atoms with Crippen LogP contribution in [0.1, 0.15) is 13.3 Å². The summed E-state index contributed by atoms with van der Waals surface area (Å²) in [5.41, 5.74) is -0.0292. The molecule has 0 saturated carbocycles. The molecule has 20 heavy (non-hydrogen) atoms. The van der Waals surface area contributed by atoms with Gasteiger partial charge >= 0.3 is 5.97 Å². The molecule has 0 bridgehead atoms. The van der Waals surface area contributed by atoms with Crippen LogP contribution in [-0.4, -0.2) is 47.1 Å². The molecule has 0 unspecified atom stereocenters. The van der Waals surface area contributed by atoms with Gasteiger partial charge in [-0.1, -0.05) is 13.0 Å². The van der Waals surface area contributed by atoms with Crippen LogP contribution in [0.4, 0.5) is 5.69 Å². The van der Waals surface area contributed by atoms with E-state index in [1.165, 1.54) is 12.1 Å². The molecule has 0 spiro atoms. The molecule has 7 heteroatoms. The van der Waals surface area contributed by atoms with E-state index < -0.39 is 10.9 Å². The molecule has 0 aliphatic carbocycles. The van der Waals surface area contributed by atoms with Crippen molar-refractivity contribution in [2.75, 3.05) is 26.2 Å². The molecule has 0 aliphatic rings. The summed E-state index contributed by atoms with van der Waals surface area (Å²) in [6, 6.07) is 5.92. The summed E-state index contributed by atoms with van der Waals surface area (Å²) >= 11 is 0. The molecule has 1 N–H and O–H groups in total. The number of aliphatic carboxylic acids is 1. The maximum absolute atomic E-state index is 10.7. The van der Waals surface area contributed by atoms with E-state index in [9.17, 15) is 14.9 Å². The van der Waals surface area contributed by atoms with Crippen molar-refractivity contribution in [1.82, 2.24) is 4.90 Å². The number of ether oxygens (including phenoxy) is 1. The highest BCUT2D eigenvalue weighted by atomic mass is 16.6. The van der Waals surface area contributed by atoms with Gasteiger partial charge in [0.2, 0.25) is 0 Å². The van der Waals surface area contributed by atoms with Crippen molar-refractivity contribution in [1.29, 1.82) is 0 Å². The summed E-state index contributed by atoms with van der Waals surface area (Å²) in [5, 5.41) is 19.4. The SMILES string of the molecule is CCCN(CCOc1cccc([N+](=O)[O-])c1)CC(=O)O. The number of rotatable bonds is 9. The first kappa shape index (κ1) is 15.9. The lowest BCUT2D eigenvalue weighted by molar-refractivity contribution is -0.384. The van der Waals surface area contributed by atoms with Crippen molar-refractivity contribution in [2.24, 2.45) is 0 Å². The lowest BCUT2D eigenvalue weighted by atomic mass is 10.3. The smallest absolute Gasteiger partial charge is 0.317 e. The summed E-state index contributed by atoms with van der Waals surface area (Å²) in [6.07, 6.45) is 0.851. The molecular weight excluding hydrogens is 264 g/mol. The Kier molecular flexibility index (Phi) is 6.45. The molecule has 1 rings (SSSR count). The maximum Gasteiger partial charge on any atom is 0.317 e. The van der Waals surface area contributed by atoms with Crippen LogP contribution in [0, 0.1) is 10.1 Å². The second kappa shape index (κ2) is 8.11. The van der Waals surface area contributed by atoms with Crippen LogP contribution < -0.4 is 4.74 Å². The Hall–Kier alpha value is -2.15. The molecule has 7 nitrogen and oxygen atoms in total. The van der Waals surface area contributed by atoms with Crippen molar-refractivity contribution >= 4 is 11.7 Å². The van der Waals surface area contributed by atoms with Gasteiger partial charge in [0.25, 0.3) is 5.69 Å². The minimum Gasteiger partial charge on any atom is -0.492 e. The highest BCUT2D eigenvalue weighted by molar-refractivity contribution is 5.69. The summed E-state index contributed by atoms with van der Waals surface area (Å²) in [5.74, 6) is -0.472. The molecule has 1 aromatic rings. The Bertz CT molecular complexity index is 464. The Morgan fingerprint density at radius 2 is 2.20 bits per heavy atom. The molecular formula is C13H18N2O5. The van der Waals surface area contributed by atoms with E-state index in [-0.39, 0.29) is 18.8 Å². The van der Waals surface area contributed by atoms with Crippen LogP contribution in [0.5, 0.6) is 5.75 Å². The van der Waals surface area contributed by atoms with Gasteiger partial charge in [0.05, 0.1) is 17.5 Å². The maximum atomic E-state index is 10.7. The van der Waals surface area contributed by atoms with Crippen molar-refractivity contribution in [2.45, 2.75) is 13.3 Å². The van der Waals surface area contributed by atoms with Crippen LogP contribution in [-0.2, 0) is 4.79 Å². The Morgan fingerprint density at radius 1 is 1.45 bits per heavy atom. The fourth-order valence-electron chi connectivity index (χ4n) is 1.76. The van der Waals surface area contributed by atoms with E-state index in [2.05, 4.69) is 0 Å². The van der Waals surface area contributed by atoms with Gasteiger partial charge in [0, 0.05) is 12.6 Å². The van der Waals surface area contributed by atoms with Crippen LogP contribution in [0.15, 0.2) is 24.3 Å². The number of carboxylic acids is 1. The number of nitrogens with zero attached hydrogens (tertiary/aromatic N) is 2. The van der Waals surface area contributed by atoms with E-state index in [1.54, 1.807) is 17.0 Å². The number of benzene rings is 1. The highest BCUT2D eigenvalue weighted by Gasteiger charge is 2.10. The second-order valence-corrected chi connectivity index (χ2v) is 4.27. The van der Waals surface area contributed by atoms with Gasteiger partial charge < -0.3 is 9.84 Å². The summed E-state index contributed by atoms with van der Waals surface area (Å²) in [6.45, 7) is 3.35. The van der Waals surface area contributed by atoms with E-state index in [1.807, 2.05) is 6.92 Å². The summed E-state index contributed by atoms with van der Waals surface area (Å²) < 4.78 is 5.42. The average molecular weight is 282 g/mol. The van der Waals surface area contributed by atoms with Gasteiger partial charge in [-0.15, -0.1) is 0 Å². The molecule has 0 saturated heterocycles. The number of carboxylic acid groups (broad SMARTS) is 1. The molecule has 0 aliphatic heterocycles. The van der Waals surface area contributed by atoms with E-state index in [0.29, 0.717) is 18.8 Å². The number of hydrogen-bond acceptors (Lipinski definition) is 5. The van der Waals surface area contributed by atoms with E-state index in [4.69, 9.17) is 9.84 Å². The molecule has 110 valence electrons. The normalized spacial score (nSPS) is 10.5. The van der Waals surface area contributed by atoms with Crippen molar-refractivity contribution in [3.05, 3.63) is 34.4 Å². The number of carbonyl (C=O) groups is 1. The molecule has 0 fully saturated rings. The third-order valence-corrected chi connectivity index (χ3v) is 2.60. The van der Waals surface area contributed by atoms with Crippen molar-refractivity contribution in [3.8, 4) is 5.75 Å². The molecule has 0 aromatic heterocycles. The molecule has 0 radical (unpaired) electrons. The van der Waals surface area contributed by atoms with Crippen LogP contribution in [0.25, 0.3) is 0 Å². The minimum absolute atomic E-state index is 0.0292. The second-order valence-electron chi connectivity index (χ2n) is 4.27. The first-order valence-electron chi connectivity index (χ1n) is 6.34. The van der Waals surface area contributed by atoms with Crippen molar-refractivity contribution < 1.29 is 19.6 Å². The predicted octanol–water partition coefficient (Wildman–Crippen LogP) is 1.77. The monoisotopic (exact) mass is 282 g/mol. The van der Waals surface area contributed by atoms with Crippen molar-refractivity contribution in [3.63, 3.8) is 0 Å². The van der Waals surface area contributed by atoms with Gasteiger partial charge in [0.1, 0.15) is 12.4 Å². The van der Waals surface area contributed by atoms with Gasteiger partial charge in [-0.25, -0.2) is 0 Å². The number of non-ortho nitro benzene ring substituents is 1. The van der Waals surface area contributed by atoms with Gasteiger partial charge in [-0.05, 0) is 19.0 Å². The van der Waals surface area contributed by atoms with Crippen LogP contribution >= 0.6 is 0 Å². The van der Waals surface area contributed by atoms with Gasteiger partial charge in [0.15, 0.2) is 0 Å². The quantitative estimate of drug-likeness (QED) is 0.548. The zero-order chi connectivity index (χ0) is 15.0. The lowest BCUT2D eigenvalue weighted by Crippen LogP contribution is -2.34. The zero-order valence-electron chi connectivity index (χ0n) is 11.3. The zero-order valence-corrected chi connectivity index (χ0v) is 11.3. The molecule has 0 amide bonds. The van der Waals surface area contributed by atoms with Crippen LogP contribution in [0.3, 0.4) is 0 Å². The first-order valence-corrected chi connectivity index (χ1v) is 6.34. The average Bonchev–Trinajstić information content (AvgIpc) is 2.38. The minimum atomic E-state index is -0.881. The fraction of sp³-hybridized carbons (Fsp3) is 0.462.